The van der Waals surface area contributed by atoms with Gasteiger partial charge < -0.3 is 10.1 Å². The van der Waals surface area contributed by atoms with Crippen molar-refractivity contribution in [2.75, 3.05) is 7.11 Å². The van der Waals surface area contributed by atoms with Crippen LogP contribution in [0, 0.1) is 0 Å². The lowest BCUT2D eigenvalue weighted by atomic mass is 10.0. The molecule has 0 saturated carbocycles. The molecule has 0 radical (unpaired) electrons. The molecule has 3 rings (SSSR count). The number of hydrazone groups is 1. The molecule has 0 fully saturated rings. The first-order valence-corrected chi connectivity index (χ1v) is 10.4. The van der Waals surface area contributed by atoms with Gasteiger partial charge in [-0.3, -0.25) is 9.59 Å². The summed E-state index contributed by atoms with van der Waals surface area (Å²) in [5, 5.41) is 6.88. The standard InChI is InChI=1S/C26H27N3O3/c1-19(16-25(30)27-18-21-10-14-24(32-2)15-11-21)28-29-26(31)17-20-8-12-23(13-9-20)22-6-4-3-5-7-22/h3-15H,16-18H2,1-2H3,(H,27,30)(H,29,31)/b28-19+. The first-order chi connectivity index (χ1) is 15.5. The molecule has 0 aliphatic heterocycles. The second-order valence-corrected chi connectivity index (χ2v) is 7.42. The number of ether oxygens (including phenoxy) is 1. The first-order valence-electron chi connectivity index (χ1n) is 10.4. The number of hydrogen-bond donors (Lipinski definition) is 2. The summed E-state index contributed by atoms with van der Waals surface area (Å²) < 4.78 is 5.12. The van der Waals surface area contributed by atoms with E-state index in [1.54, 1.807) is 14.0 Å². The zero-order valence-electron chi connectivity index (χ0n) is 18.3. The maximum Gasteiger partial charge on any atom is 0.244 e. The van der Waals surface area contributed by atoms with E-state index in [-0.39, 0.29) is 24.7 Å². The summed E-state index contributed by atoms with van der Waals surface area (Å²) in [6.07, 6.45) is 0.331. The molecule has 32 heavy (non-hydrogen) atoms. The minimum absolute atomic E-state index is 0.113. The van der Waals surface area contributed by atoms with Gasteiger partial charge in [0.05, 0.1) is 20.0 Å². The Balaban J connectivity index is 1.42. The van der Waals surface area contributed by atoms with Gasteiger partial charge in [-0.05, 0) is 41.3 Å². The van der Waals surface area contributed by atoms with Gasteiger partial charge in [0.2, 0.25) is 11.8 Å². The van der Waals surface area contributed by atoms with Crippen LogP contribution < -0.4 is 15.5 Å². The van der Waals surface area contributed by atoms with Crippen LogP contribution in [-0.2, 0) is 22.6 Å². The van der Waals surface area contributed by atoms with E-state index in [1.165, 1.54) is 0 Å². The fraction of sp³-hybridized carbons (Fsp3) is 0.192. The topological polar surface area (TPSA) is 79.8 Å². The summed E-state index contributed by atoms with van der Waals surface area (Å²) in [7, 11) is 1.61. The van der Waals surface area contributed by atoms with Gasteiger partial charge in [-0.15, -0.1) is 0 Å². The molecule has 3 aromatic carbocycles. The maximum atomic E-state index is 12.2. The first kappa shape index (κ1) is 22.7. The molecular weight excluding hydrogens is 402 g/mol. The molecule has 0 heterocycles. The number of carbonyl (C=O) groups excluding carboxylic acids is 2. The van der Waals surface area contributed by atoms with Crippen LogP contribution in [0.1, 0.15) is 24.5 Å². The third-order valence-corrected chi connectivity index (χ3v) is 4.86. The van der Waals surface area contributed by atoms with Crippen LogP contribution in [0.3, 0.4) is 0 Å². The molecule has 3 aromatic rings. The Bertz CT molecular complexity index is 1060. The van der Waals surface area contributed by atoms with Gasteiger partial charge in [-0.1, -0.05) is 66.7 Å². The Morgan fingerprint density at radius 2 is 1.44 bits per heavy atom. The highest BCUT2D eigenvalue weighted by molar-refractivity contribution is 6.00. The quantitative estimate of drug-likeness (QED) is 0.397. The molecule has 0 aromatic heterocycles. The lowest BCUT2D eigenvalue weighted by Crippen LogP contribution is -2.26. The Kier molecular flexibility index (Phi) is 8.15. The Morgan fingerprint density at radius 1 is 0.812 bits per heavy atom. The van der Waals surface area contributed by atoms with Crippen LogP contribution in [-0.4, -0.2) is 24.6 Å². The number of carbonyl (C=O) groups is 2. The third-order valence-electron chi connectivity index (χ3n) is 4.86. The van der Waals surface area contributed by atoms with Crippen LogP contribution in [0.15, 0.2) is 84.0 Å². The van der Waals surface area contributed by atoms with E-state index in [1.807, 2.05) is 78.9 Å². The van der Waals surface area contributed by atoms with Crippen LogP contribution in [0.4, 0.5) is 0 Å². The fourth-order valence-electron chi connectivity index (χ4n) is 3.11. The Hall–Kier alpha value is -3.93. The highest BCUT2D eigenvalue weighted by Gasteiger charge is 2.07. The molecule has 0 atom stereocenters. The van der Waals surface area contributed by atoms with Crippen molar-refractivity contribution < 1.29 is 14.3 Å². The molecule has 6 nitrogen and oxygen atoms in total. The molecule has 0 saturated heterocycles. The molecule has 0 spiro atoms. The third kappa shape index (κ3) is 7.09. The van der Waals surface area contributed by atoms with Gasteiger partial charge in [0.25, 0.3) is 0 Å². The molecular formula is C26H27N3O3. The summed E-state index contributed by atoms with van der Waals surface area (Å²) in [6, 6.07) is 25.4. The minimum Gasteiger partial charge on any atom is -0.497 e. The number of hydrogen-bond acceptors (Lipinski definition) is 4. The van der Waals surface area contributed by atoms with Crippen molar-refractivity contribution in [2.24, 2.45) is 5.10 Å². The molecule has 0 unspecified atom stereocenters. The number of methoxy groups -OCH3 is 1. The zero-order valence-corrected chi connectivity index (χ0v) is 18.3. The van der Waals surface area contributed by atoms with Gasteiger partial charge in [-0.2, -0.15) is 5.10 Å². The number of amides is 2. The summed E-state index contributed by atoms with van der Waals surface area (Å²) in [5.41, 5.74) is 7.16. The molecule has 2 N–H and O–H groups in total. The highest BCUT2D eigenvalue weighted by atomic mass is 16.5. The van der Waals surface area contributed by atoms with E-state index < -0.39 is 0 Å². The van der Waals surface area contributed by atoms with Crippen molar-refractivity contribution in [1.82, 2.24) is 10.7 Å². The molecule has 0 bridgehead atoms. The monoisotopic (exact) mass is 429 g/mol. The van der Waals surface area contributed by atoms with Crippen molar-refractivity contribution in [1.29, 1.82) is 0 Å². The van der Waals surface area contributed by atoms with Crippen molar-refractivity contribution in [3.8, 4) is 16.9 Å². The number of rotatable bonds is 9. The van der Waals surface area contributed by atoms with E-state index in [9.17, 15) is 9.59 Å². The van der Waals surface area contributed by atoms with Crippen molar-refractivity contribution in [3.63, 3.8) is 0 Å². The van der Waals surface area contributed by atoms with Crippen LogP contribution in [0.5, 0.6) is 5.75 Å². The van der Waals surface area contributed by atoms with Crippen LogP contribution >= 0.6 is 0 Å². The Labute approximate surface area is 188 Å². The number of benzene rings is 3. The highest BCUT2D eigenvalue weighted by Crippen LogP contribution is 2.19. The van der Waals surface area contributed by atoms with Crippen molar-refractivity contribution in [3.05, 3.63) is 90.0 Å². The molecule has 0 aliphatic rings. The fourth-order valence-corrected chi connectivity index (χ4v) is 3.11. The van der Waals surface area contributed by atoms with Gasteiger partial charge in [0.15, 0.2) is 0 Å². The van der Waals surface area contributed by atoms with Crippen molar-refractivity contribution >= 4 is 17.5 Å². The SMILES string of the molecule is COc1ccc(CNC(=O)C/C(C)=N/NC(=O)Cc2ccc(-c3ccccc3)cc2)cc1. The van der Waals surface area contributed by atoms with E-state index >= 15 is 0 Å². The van der Waals surface area contributed by atoms with Gasteiger partial charge >= 0.3 is 0 Å². The summed E-state index contributed by atoms with van der Waals surface area (Å²) in [4.78, 5) is 24.3. The van der Waals surface area contributed by atoms with E-state index in [0.717, 1.165) is 28.0 Å². The van der Waals surface area contributed by atoms with E-state index in [4.69, 9.17) is 4.74 Å². The molecule has 164 valence electrons. The van der Waals surface area contributed by atoms with E-state index in [2.05, 4.69) is 15.8 Å². The maximum absolute atomic E-state index is 12.2. The normalized spacial score (nSPS) is 11.0. The van der Waals surface area contributed by atoms with Crippen LogP contribution in [0.2, 0.25) is 0 Å². The second-order valence-electron chi connectivity index (χ2n) is 7.42. The summed E-state index contributed by atoms with van der Waals surface area (Å²) >= 11 is 0. The Morgan fingerprint density at radius 3 is 2.09 bits per heavy atom. The van der Waals surface area contributed by atoms with Gasteiger partial charge in [0, 0.05) is 12.3 Å². The number of nitrogens with one attached hydrogen (secondary N) is 2. The predicted molar refractivity (Wildman–Crippen MR) is 126 cm³/mol. The van der Waals surface area contributed by atoms with Gasteiger partial charge in [0.1, 0.15) is 5.75 Å². The molecule has 0 aliphatic carbocycles. The molecule has 2 amide bonds. The zero-order chi connectivity index (χ0) is 22.8. The minimum atomic E-state index is -0.226. The van der Waals surface area contributed by atoms with Crippen LogP contribution in [0.25, 0.3) is 11.1 Å². The average Bonchev–Trinajstić information content (AvgIpc) is 2.83. The average molecular weight is 430 g/mol. The lowest BCUT2D eigenvalue weighted by Gasteiger charge is -2.07. The number of nitrogens with zero attached hydrogens (tertiary/aromatic N) is 1. The molecule has 6 heteroatoms. The second kappa shape index (κ2) is 11.5. The largest absolute Gasteiger partial charge is 0.497 e. The van der Waals surface area contributed by atoms with Crippen molar-refractivity contribution in [2.45, 2.75) is 26.3 Å². The summed E-state index contributed by atoms with van der Waals surface area (Å²) in [6.45, 7) is 2.13. The van der Waals surface area contributed by atoms with Gasteiger partial charge in [-0.25, -0.2) is 5.43 Å². The predicted octanol–water partition coefficient (Wildman–Crippen LogP) is 4.10. The summed E-state index contributed by atoms with van der Waals surface area (Å²) in [5.74, 6) is 0.384. The van der Waals surface area contributed by atoms with E-state index in [0.29, 0.717) is 12.3 Å². The smallest absolute Gasteiger partial charge is 0.244 e. The lowest BCUT2D eigenvalue weighted by molar-refractivity contribution is -0.121.